The minimum Gasteiger partial charge on any atom is -0.397 e. The van der Waals surface area contributed by atoms with Crippen LogP contribution in [0.25, 0.3) is 0 Å². The van der Waals surface area contributed by atoms with Crippen LogP contribution >= 0.6 is 0 Å². The van der Waals surface area contributed by atoms with Crippen LogP contribution in [0.1, 0.15) is 12.5 Å². The van der Waals surface area contributed by atoms with Crippen molar-refractivity contribution in [2.75, 3.05) is 17.7 Å². The van der Waals surface area contributed by atoms with E-state index >= 15 is 0 Å². The van der Waals surface area contributed by atoms with Crippen molar-refractivity contribution < 1.29 is 10.0 Å². The largest absolute Gasteiger partial charge is 0.397 e. The number of anilines is 2. The molecule has 110 valence electrons. The number of hydrogen-bond acceptors (Lipinski definition) is 5. The van der Waals surface area contributed by atoms with Crippen molar-refractivity contribution in [1.82, 2.24) is 0 Å². The van der Waals surface area contributed by atoms with E-state index in [4.69, 9.17) is 5.73 Å². The molecule has 1 atom stereocenters. The number of non-ortho nitro benzene ring substituents is 1. The molecule has 21 heavy (non-hydrogen) atoms. The molecule has 0 saturated heterocycles. The standard InChI is InChI=1S/C15H17N3O3/c1-15(10-19,11-5-3-2-4-6-11)17-14-8-7-12(18(20)21)9-13(14)16/h2-9,17,19H,10,16H2,1H3. The van der Waals surface area contributed by atoms with Gasteiger partial charge in [0.25, 0.3) is 5.69 Å². The van der Waals surface area contributed by atoms with Crippen molar-refractivity contribution in [2.24, 2.45) is 0 Å². The number of benzene rings is 2. The van der Waals surface area contributed by atoms with Crippen molar-refractivity contribution in [3.05, 3.63) is 64.2 Å². The number of aliphatic hydroxyl groups is 1. The van der Waals surface area contributed by atoms with Crippen molar-refractivity contribution in [2.45, 2.75) is 12.5 Å². The maximum atomic E-state index is 10.7. The number of rotatable bonds is 5. The summed E-state index contributed by atoms with van der Waals surface area (Å²) in [4.78, 5) is 10.2. The average Bonchev–Trinajstić information content (AvgIpc) is 2.50. The van der Waals surface area contributed by atoms with Crippen LogP contribution in [0.4, 0.5) is 17.1 Å². The van der Waals surface area contributed by atoms with Crippen molar-refractivity contribution in [1.29, 1.82) is 0 Å². The van der Waals surface area contributed by atoms with E-state index in [0.717, 1.165) is 5.56 Å². The van der Waals surface area contributed by atoms with Crippen molar-refractivity contribution in [3.8, 4) is 0 Å². The number of nitrogens with zero attached hydrogens (tertiary/aromatic N) is 1. The first-order valence-electron chi connectivity index (χ1n) is 6.45. The third kappa shape index (κ3) is 3.11. The number of aliphatic hydroxyl groups excluding tert-OH is 1. The molecule has 0 bridgehead atoms. The molecule has 1 unspecified atom stereocenters. The van der Waals surface area contributed by atoms with Crippen LogP contribution in [0, 0.1) is 10.1 Å². The SMILES string of the molecule is CC(CO)(Nc1ccc([N+](=O)[O-])cc1N)c1ccccc1. The Hall–Kier alpha value is -2.60. The van der Waals surface area contributed by atoms with Crippen LogP contribution < -0.4 is 11.1 Å². The Balaban J connectivity index is 2.33. The Morgan fingerprint density at radius 1 is 1.29 bits per heavy atom. The fourth-order valence-electron chi connectivity index (χ4n) is 2.08. The summed E-state index contributed by atoms with van der Waals surface area (Å²) >= 11 is 0. The molecule has 0 aliphatic heterocycles. The minimum atomic E-state index is -0.731. The molecule has 0 fully saturated rings. The lowest BCUT2D eigenvalue weighted by molar-refractivity contribution is -0.384. The molecule has 6 nitrogen and oxygen atoms in total. The number of nitro groups is 1. The summed E-state index contributed by atoms with van der Waals surface area (Å²) in [5, 5.41) is 23.6. The monoisotopic (exact) mass is 287 g/mol. The second-order valence-corrected chi connectivity index (χ2v) is 5.01. The summed E-state index contributed by atoms with van der Waals surface area (Å²) in [7, 11) is 0. The molecule has 0 aromatic heterocycles. The fraction of sp³-hybridized carbons (Fsp3) is 0.200. The Labute approximate surface area is 122 Å². The van der Waals surface area contributed by atoms with Gasteiger partial charge in [0, 0.05) is 12.1 Å². The molecule has 0 amide bonds. The van der Waals surface area contributed by atoms with Gasteiger partial charge in [-0.05, 0) is 18.6 Å². The molecule has 2 aromatic rings. The second kappa shape index (κ2) is 5.80. The van der Waals surface area contributed by atoms with Gasteiger partial charge in [-0.25, -0.2) is 0 Å². The lowest BCUT2D eigenvalue weighted by Crippen LogP contribution is -2.36. The van der Waals surface area contributed by atoms with E-state index in [1.165, 1.54) is 12.1 Å². The predicted molar refractivity (Wildman–Crippen MR) is 82.0 cm³/mol. The topological polar surface area (TPSA) is 101 Å². The summed E-state index contributed by atoms with van der Waals surface area (Å²) < 4.78 is 0. The summed E-state index contributed by atoms with van der Waals surface area (Å²) in [5.41, 5.74) is 6.75. The highest BCUT2D eigenvalue weighted by Crippen LogP contribution is 2.31. The Morgan fingerprint density at radius 2 is 1.95 bits per heavy atom. The number of hydrogen-bond donors (Lipinski definition) is 3. The zero-order valence-corrected chi connectivity index (χ0v) is 11.6. The smallest absolute Gasteiger partial charge is 0.271 e. The summed E-state index contributed by atoms with van der Waals surface area (Å²) in [5.74, 6) is 0. The number of nitro benzene ring substituents is 1. The van der Waals surface area contributed by atoms with Gasteiger partial charge < -0.3 is 16.2 Å². The van der Waals surface area contributed by atoms with Crippen LogP contribution in [0.5, 0.6) is 0 Å². The molecule has 4 N–H and O–H groups in total. The van der Waals surface area contributed by atoms with Gasteiger partial charge >= 0.3 is 0 Å². The van der Waals surface area contributed by atoms with Gasteiger partial charge in [0.2, 0.25) is 0 Å². The van der Waals surface area contributed by atoms with Gasteiger partial charge in [-0.2, -0.15) is 0 Å². The third-order valence-electron chi connectivity index (χ3n) is 3.38. The first-order valence-corrected chi connectivity index (χ1v) is 6.45. The Bertz CT molecular complexity index is 646. The zero-order valence-electron chi connectivity index (χ0n) is 11.6. The molecule has 0 radical (unpaired) electrons. The molecule has 0 saturated carbocycles. The van der Waals surface area contributed by atoms with E-state index in [0.29, 0.717) is 5.69 Å². The quantitative estimate of drug-likeness (QED) is 0.445. The van der Waals surface area contributed by atoms with Crippen LogP contribution in [0.3, 0.4) is 0 Å². The molecule has 0 heterocycles. The Morgan fingerprint density at radius 3 is 2.48 bits per heavy atom. The fourth-order valence-corrected chi connectivity index (χ4v) is 2.08. The van der Waals surface area contributed by atoms with Gasteiger partial charge in [-0.1, -0.05) is 30.3 Å². The summed E-state index contributed by atoms with van der Waals surface area (Å²) in [6.45, 7) is 1.69. The molecule has 0 spiro atoms. The van der Waals surface area contributed by atoms with E-state index < -0.39 is 10.5 Å². The zero-order chi connectivity index (χ0) is 15.5. The maximum Gasteiger partial charge on any atom is 0.271 e. The van der Waals surface area contributed by atoms with Crippen LogP contribution in [-0.2, 0) is 5.54 Å². The minimum absolute atomic E-state index is 0.0662. The molecule has 0 aliphatic carbocycles. The van der Waals surface area contributed by atoms with Crippen molar-refractivity contribution in [3.63, 3.8) is 0 Å². The predicted octanol–water partition coefficient (Wildman–Crippen LogP) is 2.50. The molecular formula is C15H17N3O3. The highest BCUT2D eigenvalue weighted by molar-refractivity contribution is 5.70. The molecule has 2 aromatic carbocycles. The van der Waals surface area contributed by atoms with E-state index in [1.54, 1.807) is 6.07 Å². The van der Waals surface area contributed by atoms with Gasteiger partial charge in [0.15, 0.2) is 0 Å². The second-order valence-electron chi connectivity index (χ2n) is 5.01. The van der Waals surface area contributed by atoms with Crippen LogP contribution in [0.15, 0.2) is 48.5 Å². The van der Waals surface area contributed by atoms with Crippen LogP contribution in [-0.4, -0.2) is 16.6 Å². The van der Waals surface area contributed by atoms with Gasteiger partial charge in [-0.15, -0.1) is 0 Å². The van der Waals surface area contributed by atoms with E-state index in [-0.39, 0.29) is 18.0 Å². The highest BCUT2D eigenvalue weighted by atomic mass is 16.6. The normalized spacial score (nSPS) is 13.4. The lowest BCUT2D eigenvalue weighted by Gasteiger charge is -2.31. The van der Waals surface area contributed by atoms with Gasteiger partial charge in [-0.3, -0.25) is 10.1 Å². The maximum absolute atomic E-state index is 10.7. The summed E-state index contributed by atoms with van der Waals surface area (Å²) in [6, 6.07) is 13.7. The molecule has 6 heteroatoms. The highest BCUT2D eigenvalue weighted by Gasteiger charge is 2.26. The first kappa shape index (κ1) is 14.8. The number of nitrogen functional groups attached to an aromatic ring is 1. The number of nitrogens with one attached hydrogen (secondary N) is 1. The third-order valence-corrected chi connectivity index (χ3v) is 3.38. The van der Waals surface area contributed by atoms with Crippen molar-refractivity contribution >= 4 is 17.1 Å². The van der Waals surface area contributed by atoms with Gasteiger partial charge in [0.05, 0.1) is 28.4 Å². The van der Waals surface area contributed by atoms with Gasteiger partial charge in [0.1, 0.15) is 0 Å². The average molecular weight is 287 g/mol. The van der Waals surface area contributed by atoms with E-state index in [9.17, 15) is 15.2 Å². The molecular weight excluding hydrogens is 270 g/mol. The summed E-state index contributed by atoms with van der Waals surface area (Å²) in [6.07, 6.45) is 0. The molecule has 2 rings (SSSR count). The first-order chi connectivity index (χ1) is 9.96. The number of nitrogens with two attached hydrogens (primary N) is 1. The van der Waals surface area contributed by atoms with E-state index in [2.05, 4.69) is 5.32 Å². The van der Waals surface area contributed by atoms with E-state index in [1.807, 2.05) is 37.3 Å². The molecule has 0 aliphatic rings. The lowest BCUT2D eigenvalue weighted by atomic mass is 9.92. The Kier molecular flexibility index (Phi) is 4.09. The van der Waals surface area contributed by atoms with Crippen LogP contribution in [0.2, 0.25) is 0 Å².